The molecule has 0 saturated carbocycles. The average molecular weight is 229 g/mol. The van der Waals surface area contributed by atoms with Gasteiger partial charge in [0, 0.05) is 19.3 Å². The molecule has 1 aromatic rings. The normalized spacial score (nSPS) is 16.0. The summed E-state index contributed by atoms with van der Waals surface area (Å²) in [6, 6.07) is 0.317. The Morgan fingerprint density at radius 1 is 1.35 bits per heavy atom. The van der Waals surface area contributed by atoms with Gasteiger partial charge in [-0.3, -0.25) is 0 Å². The smallest absolute Gasteiger partial charge is 0.543 e. The summed E-state index contributed by atoms with van der Waals surface area (Å²) in [4.78, 5) is 18.1. The Hall–Kier alpha value is -1.09. The van der Waals surface area contributed by atoms with Crippen molar-refractivity contribution >= 4 is 11.8 Å². The van der Waals surface area contributed by atoms with Crippen molar-refractivity contribution in [1.29, 1.82) is 0 Å². The number of carboxylic acid groups (broad SMARTS) is 1. The van der Waals surface area contributed by atoms with Crippen LogP contribution in [0.5, 0.6) is 0 Å². The van der Waals surface area contributed by atoms with Crippen molar-refractivity contribution < 1.29 is 33.5 Å². The molecule has 2 heterocycles. The molecular weight excluding hydrogens is 217 g/mol. The minimum atomic E-state index is -1.31. The van der Waals surface area contributed by atoms with E-state index in [0.717, 1.165) is 26.1 Å². The van der Waals surface area contributed by atoms with Crippen molar-refractivity contribution in [2.45, 2.75) is 18.9 Å². The number of hydrogen-bond acceptors (Lipinski definition) is 6. The summed E-state index contributed by atoms with van der Waals surface area (Å²) >= 11 is 0. The first kappa shape index (κ1) is 14.0. The number of rotatable bonds is 3. The molecule has 86 valence electrons. The van der Waals surface area contributed by atoms with Gasteiger partial charge >= 0.3 is 18.9 Å². The Morgan fingerprint density at radius 3 is 2.59 bits per heavy atom. The van der Waals surface area contributed by atoms with Gasteiger partial charge in [-0.2, -0.15) is 0 Å². The number of nitrogens with zero attached hydrogens (tertiary/aromatic N) is 2. The van der Waals surface area contributed by atoms with Crippen molar-refractivity contribution in [3.8, 4) is 0 Å². The number of aromatic nitrogens is 2. The number of nitrogens with one attached hydrogen (secondary N) is 1. The molecule has 6 nitrogen and oxygen atoms in total. The van der Waals surface area contributed by atoms with Crippen LogP contribution in [0.3, 0.4) is 0 Å². The largest absolute Gasteiger partial charge is 1.00 e. The van der Waals surface area contributed by atoms with Gasteiger partial charge in [0.25, 0.3) is 0 Å². The van der Waals surface area contributed by atoms with Crippen LogP contribution in [0.25, 0.3) is 0 Å². The summed E-state index contributed by atoms with van der Waals surface area (Å²) in [6.45, 7) is 1.48. The molecule has 0 aliphatic carbocycles. The second-order valence-electron chi connectivity index (χ2n) is 3.61. The molecule has 0 atom stereocenters. The van der Waals surface area contributed by atoms with Crippen LogP contribution in [-0.4, -0.2) is 35.2 Å². The van der Waals surface area contributed by atoms with E-state index in [9.17, 15) is 9.90 Å². The standard InChI is InChI=1S/C10H13N3O3.Li/c14-10(15)8-5-12-9(6-11-8)13-7-1-3-16-4-2-7;/h5-7H,1-4H2,(H,12,13)(H,14,15);/q;+1/p-1. The second-order valence-corrected chi connectivity index (χ2v) is 3.61. The monoisotopic (exact) mass is 229 g/mol. The minimum absolute atomic E-state index is 0. The third kappa shape index (κ3) is 4.00. The van der Waals surface area contributed by atoms with Crippen LogP contribution in [0.15, 0.2) is 12.4 Å². The molecule has 1 saturated heterocycles. The Labute approximate surface area is 111 Å². The molecule has 1 aliphatic rings. The van der Waals surface area contributed by atoms with E-state index in [4.69, 9.17) is 4.74 Å². The van der Waals surface area contributed by atoms with Gasteiger partial charge in [-0.15, -0.1) is 0 Å². The topological polar surface area (TPSA) is 87.2 Å². The Morgan fingerprint density at radius 2 is 2.06 bits per heavy atom. The first-order valence-corrected chi connectivity index (χ1v) is 5.13. The van der Waals surface area contributed by atoms with Crippen LogP contribution >= 0.6 is 0 Å². The number of anilines is 1. The zero-order valence-electron chi connectivity index (χ0n) is 9.68. The summed E-state index contributed by atoms with van der Waals surface area (Å²) in [6.07, 6.45) is 4.44. The molecule has 0 unspecified atom stereocenters. The Bertz CT molecular complexity index is 366. The maximum Gasteiger partial charge on any atom is 1.00 e. The Kier molecular flexibility index (Phi) is 5.42. The first-order valence-electron chi connectivity index (χ1n) is 5.13. The molecule has 1 fully saturated rings. The van der Waals surface area contributed by atoms with Crippen LogP contribution in [0.2, 0.25) is 0 Å². The molecular formula is C10H12LiN3O3. The van der Waals surface area contributed by atoms with Gasteiger partial charge in [0.2, 0.25) is 0 Å². The number of ether oxygens (including phenoxy) is 1. The predicted molar refractivity (Wildman–Crippen MR) is 53.8 cm³/mol. The third-order valence-electron chi connectivity index (χ3n) is 2.43. The fourth-order valence-corrected chi connectivity index (χ4v) is 1.56. The van der Waals surface area contributed by atoms with Gasteiger partial charge in [-0.1, -0.05) is 0 Å². The quantitative estimate of drug-likeness (QED) is 0.540. The van der Waals surface area contributed by atoms with Gasteiger partial charge in [-0.05, 0) is 12.8 Å². The van der Waals surface area contributed by atoms with Gasteiger partial charge in [-0.25, -0.2) is 9.97 Å². The summed E-state index contributed by atoms with van der Waals surface area (Å²) < 4.78 is 5.23. The van der Waals surface area contributed by atoms with Gasteiger partial charge in [0.1, 0.15) is 11.5 Å². The molecule has 0 amide bonds. The van der Waals surface area contributed by atoms with Crippen LogP contribution in [0.1, 0.15) is 23.3 Å². The zero-order valence-corrected chi connectivity index (χ0v) is 9.68. The molecule has 0 spiro atoms. The number of hydrogen-bond donors (Lipinski definition) is 1. The van der Waals surface area contributed by atoms with E-state index in [1.807, 2.05) is 0 Å². The number of carbonyl (C=O) groups excluding carboxylic acids is 1. The van der Waals surface area contributed by atoms with E-state index < -0.39 is 5.97 Å². The molecule has 1 aliphatic heterocycles. The maximum absolute atomic E-state index is 10.5. The second kappa shape index (κ2) is 6.60. The average Bonchev–Trinajstić information content (AvgIpc) is 2.31. The SMILES string of the molecule is O=C([O-])c1cnc(NC2CCOCC2)cn1.[Li+]. The van der Waals surface area contributed by atoms with Gasteiger partial charge < -0.3 is 20.0 Å². The first-order chi connectivity index (χ1) is 7.75. The molecule has 1 N–H and O–H groups in total. The summed E-state index contributed by atoms with van der Waals surface area (Å²) in [5.74, 6) is -0.734. The predicted octanol–water partition coefficient (Wildman–Crippen LogP) is -3.56. The number of aromatic carboxylic acids is 1. The van der Waals surface area contributed by atoms with Crippen molar-refractivity contribution in [2.24, 2.45) is 0 Å². The van der Waals surface area contributed by atoms with Gasteiger partial charge in [0.05, 0.1) is 18.4 Å². The fraction of sp³-hybridized carbons (Fsp3) is 0.500. The molecule has 17 heavy (non-hydrogen) atoms. The molecule has 7 heteroatoms. The van der Waals surface area contributed by atoms with Crippen LogP contribution < -0.4 is 29.3 Å². The third-order valence-corrected chi connectivity index (χ3v) is 2.43. The molecule has 0 bridgehead atoms. The summed E-state index contributed by atoms with van der Waals surface area (Å²) in [5, 5.41) is 13.6. The molecule has 0 radical (unpaired) electrons. The zero-order chi connectivity index (χ0) is 11.4. The summed E-state index contributed by atoms with van der Waals surface area (Å²) in [5.41, 5.74) is -0.155. The van der Waals surface area contributed by atoms with Crippen LogP contribution in [0.4, 0.5) is 5.82 Å². The van der Waals surface area contributed by atoms with E-state index in [0.29, 0.717) is 11.9 Å². The summed E-state index contributed by atoms with van der Waals surface area (Å²) in [7, 11) is 0. The van der Waals surface area contributed by atoms with E-state index >= 15 is 0 Å². The molecule has 1 aromatic heterocycles. The van der Waals surface area contributed by atoms with Gasteiger partial charge in [0.15, 0.2) is 0 Å². The van der Waals surface area contributed by atoms with E-state index in [2.05, 4.69) is 15.3 Å². The van der Waals surface area contributed by atoms with E-state index in [-0.39, 0.29) is 24.6 Å². The van der Waals surface area contributed by atoms with Crippen LogP contribution in [-0.2, 0) is 4.74 Å². The van der Waals surface area contributed by atoms with Crippen molar-refractivity contribution in [3.63, 3.8) is 0 Å². The van der Waals surface area contributed by atoms with Crippen LogP contribution in [0, 0.1) is 0 Å². The minimum Gasteiger partial charge on any atom is -0.543 e. The van der Waals surface area contributed by atoms with E-state index in [1.54, 1.807) is 0 Å². The van der Waals surface area contributed by atoms with Crippen molar-refractivity contribution in [1.82, 2.24) is 9.97 Å². The van der Waals surface area contributed by atoms with E-state index in [1.165, 1.54) is 12.4 Å². The Balaban J connectivity index is 0.00000144. The molecule has 2 rings (SSSR count). The van der Waals surface area contributed by atoms with Crippen molar-refractivity contribution in [3.05, 3.63) is 18.1 Å². The maximum atomic E-state index is 10.5. The molecule has 0 aromatic carbocycles. The van der Waals surface area contributed by atoms with Crippen molar-refractivity contribution in [2.75, 3.05) is 18.5 Å². The number of carboxylic acids is 1. The number of carbonyl (C=O) groups is 1. The fourth-order valence-electron chi connectivity index (χ4n) is 1.56.